The van der Waals surface area contributed by atoms with Gasteiger partial charge in [-0.05, 0) is 23.8 Å². The molecule has 130 valence electrons. The summed E-state index contributed by atoms with van der Waals surface area (Å²) in [6, 6.07) is 16.0. The van der Waals surface area contributed by atoms with Crippen LogP contribution in [0.2, 0.25) is 0 Å². The molecule has 6 heteroatoms. The van der Waals surface area contributed by atoms with Crippen molar-refractivity contribution < 1.29 is 19.8 Å². The third kappa shape index (κ3) is 3.39. The van der Waals surface area contributed by atoms with Crippen LogP contribution in [-0.4, -0.2) is 26.5 Å². The summed E-state index contributed by atoms with van der Waals surface area (Å²) in [5, 5.41) is 19.2. The number of phenols is 1. The third-order valence-corrected chi connectivity index (χ3v) is 3.92. The molecule has 0 atom stereocenters. The highest BCUT2D eigenvalue weighted by Gasteiger charge is 2.19. The van der Waals surface area contributed by atoms with Crippen LogP contribution < -0.4 is 5.56 Å². The molecule has 0 spiro atoms. The number of rotatable bonds is 5. The number of hydrogen-bond acceptors (Lipinski definition) is 4. The molecule has 3 aromatic rings. The van der Waals surface area contributed by atoms with Gasteiger partial charge in [0.05, 0.1) is 12.1 Å². The number of aromatic carboxylic acids is 1. The first-order valence-corrected chi connectivity index (χ1v) is 7.82. The van der Waals surface area contributed by atoms with Crippen molar-refractivity contribution in [1.82, 2.24) is 4.57 Å². The average molecular weight is 349 g/mol. The van der Waals surface area contributed by atoms with Crippen LogP contribution in [-0.2, 0) is 6.54 Å². The molecular weight excluding hydrogens is 334 g/mol. The summed E-state index contributed by atoms with van der Waals surface area (Å²) >= 11 is 0. The summed E-state index contributed by atoms with van der Waals surface area (Å²) < 4.78 is 1.19. The van der Waals surface area contributed by atoms with Crippen molar-refractivity contribution in [2.24, 2.45) is 0 Å². The zero-order valence-electron chi connectivity index (χ0n) is 13.6. The second-order valence-corrected chi connectivity index (χ2v) is 5.71. The lowest BCUT2D eigenvalue weighted by Gasteiger charge is -2.11. The molecule has 0 aliphatic rings. The van der Waals surface area contributed by atoms with E-state index >= 15 is 0 Å². The topological polar surface area (TPSA) is 96.6 Å². The Morgan fingerprint density at radius 1 is 0.923 bits per heavy atom. The number of hydrogen-bond donors (Lipinski definition) is 2. The Balaban J connectivity index is 2.11. The lowest BCUT2D eigenvalue weighted by molar-refractivity contribution is 0.0694. The van der Waals surface area contributed by atoms with Crippen LogP contribution in [0.25, 0.3) is 0 Å². The molecule has 3 rings (SSSR count). The number of carboxylic acid groups (broad SMARTS) is 1. The van der Waals surface area contributed by atoms with Crippen molar-refractivity contribution >= 4 is 11.8 Å². The average Bonchev–Trinajstić information content (AvgIpc) is 2.64. The molecule has 1 aromatic heterocycles. The lowest BCUT2D eigenvalue weighted by Crippen LogP contribution is -2.28. The third-order valence-electron chi connectivity index (χ3n) is 3.92. The van der Waals surface area contributed by atoms with Gasteiger partial charge >= 0.3 is 5.97 Å². The summed E-state index contributed by atoms with van der Waals surface area (Å²) in [4.78, 5) is 36.5. The quantitative estimate of drug-likeness (QED) is 0.690. The number of carbonyl (C=O) groups excluding carboxylic acids is 1. The number of para-hydroxylation sites is 1. The first-order valence-electron chi connectivity index (χ1n) is 7.82. The first-order chi connectivity index (χ1) is 12.5. The molecule has 0 saturated heterocycles. The monoisotopic (exact) mass is 349 g/mol. The minimum atomic E-state index is -1.41. The predicted octanol–water partition coefficient (Wildman–Crippen LogP) is 2.53. The molecule has 0 fully saturated rings. The van der Waals surface area contributed by atoms with Gasteiger partial charge in [0.1, 0.15) is 11.3 Å². The Morgan fingerprint density at radius 3 is 2.23 bits per heavy atom. The van der Waals surface area contributed by atoms with Crippen molar-refractivity contribution in [3.05, 3.63) is 99.5 Å². The van der Waals surface area contributed by atoms with Crippen LogP contribution in [0.4, 0.5) is 0 Å². The first kappa shape index (κ1) is 17.2. The van der Waals surface area contributed by atoms with Gasteiger partial charge in [-0.3, -0.25) is 9.59 Å². The Kier molecular flexibility index (Phi) is 4.66. The van der Waals surface area contributed by atoms with Gasteiger partial charge in [0, 0.05) is 11.8 Å². The fourth-order valence-corrected chi connectivity index (χ4v) is 2.63. The number of aromatic nitrogens is 1. The van der Waals surface area contributed by atoms with Crippen molar-refractivity contribution in [2.75, 3.05) is 0 Å². The molecule has 0 unspecified atom stereocenters. The van der Waals surface area contributed by atoms with Crippen LogP contribution >= 0.6 is 0 Å². The van der Waals surface area contributed by atoms with Gasteiger partial charge in [0.25, 0.3) is 5.56 Å². The largest absolute Gasteiger partial charge is 0.507 e. The van der Waals surface area contributed by atoms with Gasteiger partial charge < -0.3 is 14.8 Å². The maximum absolute atomic E-state index is 12.7. The number of carboxylic acids is 1. The van der Waals surface area contributed by atoms with E-state index in [4.69, 9.17) is 0 Å². The van der Waals surface area contributed by atoms with Gasteiger partial charge in [0.2, 0.25) is 0 Å². The summed E-state index contributed by atoms with van der Waals surface area (Å²) in [7, 11) is 0. The molecule has 1 heterocycles. The number of ketones is 1. The number of benzene rings is 2. The minimum Gasteiger partial charge on any atom is -0.507 e. The van der Waals surface area contributed by atoms with Crippen LogP contribution in [0.3, 0.4) is 0 Å². The molecule has 0 aliphatic carbocycles. The molecule has 2 aromatic carbocycles. The van der Waals surface area contributed by atoms with E-state index in [0.29, 0.717) is 0 Å². The smallest absolute Gasteiger partial charge is 0.341 e. The zero-order valence-corrected chi connectivity index (χ0v) is 13.6. The highest BCUT2D eigenvalue weighted by atomic mass is 16.4. The molecule has 0 aliphatic heterocycles. The normalized spacial score (nSPS) is 10.5. The molecular formula is C20H15NO5. The predicted molar refractivity (Wildman–Crippen MR) is 94.7 cm³/mol. The van der Waals surface area contributed by atoms with Crippen LogP contribution in [0.15, 0.2) is 71.7 Å². The summed E-state index contributed by atoms with van der Waals surface area (Å²) in [5.41, 5.74) is -0.358. The maximum atomic E-state index is 12.7. The summed E-state index contributed by atoms with van der Waals surface area (Å²) in [5.74, 6) is -2.19. The Morgan fingerprint density at radius 2 is 1.58 bits per heavy atom. The highest BCUT2D eigenvalue weighted by Crippen LogP contribution is 2.20. The van der Waals surface area contributed by atoms with Crippen molar-refractivity contribution in [3.63, 3.8) is 0 Å². The van der Waals surface area contributed by atoms with Gasteiger partial charge in [-0.2, -0.15) is 0 Å². The van der Waals surface area contributed by atoms with Crippen molar-refractivity contribution in [3.8, 4) is 5.75 Å². The van der Waals surface area contributed by atoms with Crippen molar-refractivity contribution in [2.45, 2.75) is 6.54 Å². The van der Waals surface area contributed by atoms with Crippen LogP contribution in [0.5, 0.6) is 5.75 Å². The van der Waals surface area contributed by atoms with Gasteiger partial charge in [-0.15, -0.1) is 0 Å². The Hall–Kier alpha value is -3.67. The van der Waals surface area contributed by atoms with E-state index in [1.165, 1.54) is 22.9 Å². The fraction of sp³-hybridized carbons (Fsp3) is 0.0500. The Bertz CT molecular complexity index is 1040. The van der Waals surface area contributed by atoms with Gasteiger partial charge in [0.15, 0.2) is 5.78 Å². The number of phenolic OH excluding ortho intramolecular Hbond substituents is 1. The fourth-order valence-electron chi connectivity index (χ4n) is 2.63. The molecule has 26 heavy (non-hydrogen) atoms. The highest BCUT2D eigenvalue weighted by molar-refractivity contribution is 6.11. The van der Waals surface area contributed by atoms with E-state index < -0.39 is 22.9 Å². The zero-order chi connectivity index (χ0) is 18.7. The van der Waals surface area contributed by atoms with E-state index in [2.05, 4.69) is 0 Å². The summed E-state index contributed by atoms with van der Waals surface area (Å²) in [6.45, 7) is 0.127. The van der Waals surface area contributed by atoms with Gasteiger partial charge in [-0.25, -0.2) is 4.79 Å². The summed E-state index contributed by atoms with van der Waals surface area (Å²) in [6.07, 6.45) is 1.32. The van der Waals surface area contributed by atoms with Crippen LogP contribution in [0.1, 0.15) is 31.8 Å². The van der Waals surface area contributed by atoms with E-state index in [0.717, 1.165) is 11.6 Å². The number of nitrogens with zero attached hydrogens (tertiary/aromatic N) is 1. The van der Waals surface area contributed by atoms with Crippen LogP contribution in [0, 0.1) is 0 Å². The number of pyridine rings is 1. The molecule has 6 nitrogen and oxygen atoms in total. The molecule has 0 saturated carbocycles. The standard InChI is InChI=1S/C20H15NO5/c22-17-9-5-4-8-15(17)18(23)14-10-16(20(25)26)19(24)21(12-14)11-13-6-2-1-3-7-13/h1-10,12,22H,11H2,(H,25,26). The number of aromatic hydroxyl groups is 1. The van der Waals surface area contributed by atoms with Gasteiger partial charge in [-0.1, -0.05) is 42.5 Å². The van der Waals surface area contributed by atoms with E-state index in [9.17, 15) is 24.6 Å². The molecule has 0 amide bonds. The lowest BCUT2D eigenvalue weighted by atomic mass is 10.0. The van der Waals surface area contributed by atoms with Crippen molar-refractivity contribution in [1.29, 1.82) is 0 Å². The molecule has 0 radical (unpaired) electrons. The number of carbonyl (C=O) groups is 2. The maximum Gasteiger partial charge on any atom is 0.341 e. The van der Waals surface area contributed by atoms with E-state index in [1.807, 2.05) is 6.07 Å². The Labute approximate surface area is 148 Å². The van der Waals surface area contributed by atoms with E-state index in [1.54, 1.807) is 36.4 Å². The second kappa shape index (κ2) is 7.06. The van der Waals surface area contributed by atoms with E-state index in [-0.39, 0.29) is 23.4 Å². The SMILES string of the molecule is O=C(c1cc(C(=O)O)c(=O)n(Cc2ccccc2)c1)c1ccccc1O. The minimum absolute atomic E-state index is 0.0134. The second-order valence-electron chi connectivity index (χ2n) is 5.71. The molecule has 2 N–H and O–H groups in total. The molecule has 0 bridgehead atoms.